The van der Waals surface area contributed by atoms with Gasteiger partial charge in [0.15, 0.2) is 11.4 Å². The number of carboxylic acid groups (broad SMARTS) is 1. The first-order chi connectivity index (χ1) is 10.3. The van der Waals surface area contributed by atoms with E-state index in [0.717, 1.165) is 25.7 Å². The molecule has 0 saturated heterocycles. The van der Waals surface area contributed by atoms with Gasteiger partial charge >= 0.3 is 5.97 Å². The molecule has 6 heteroatoms. The van der Waals surface area contributed by atoms with Gasteiger partial charge in [-0.25, -0.2) is 9.48 Å². The fraction of sp³-hybridized carbons (Fsp3) is 0.400. The normalized spacial score (nSPS) is 15.8. The highest BCUT2D eigenvalue weighted by Crippen LogP contribution is 2.27. The van der Waals surface area contributed by atoms with Gasteiger partial charge in [-0.3, -0.25) is 4.98 Å². The number of aromatic nitrogens is 3. The van der Waals surface area contributed by atoms with Gasteiger partial charge in [0.25, 0.3) is 0 Å². The SMILES string of the molecule is O=C(O)c1c(OC2CCCCC2)cnn1-c1cccnc1. The molecule has 0 aromatic carbocycles. The molecule has 1 aliphatic rings. The van der Waals surface area contributed by atoms with Crippen molar-refractivity contribution in [3.8, 4) is 11.4 Å². The van der Waals surface area contributed by atoms with Gasteiger partial charge in [-0.05, 0) is 37.8 Å². The number of hydrogen-bond donors (Lipinski definition) is 1. The molecule has 0 amide bonds. The van der Waals surface area contributed by atoms with Crippen molar-refractivity contribution in [2.75, 3.05) is 0 Å². The molecule has 1 N–H and O–H groups in total. The Morgan fingerprint density at radius 2 is 2.10 bits per heavy atom. The van der Waals surface area contributed by atoms with E-state index in [-0.39, 0.29) is 11.8 Å². The van der Waals surface area contributed by atoms with Gasteiger partial charge in [-0.2, -0.15) is 5.10 Å². The molecule has 21 heavy (non-hydrogen) atoms. The number of pyridine rings is 1. The van der Waals surface area contributed by atoms with Crippen LogP contribution in [-0.4, -0.2) is 31.9 Å². The summed E-state index contributed by atoms with van der Waals surface area (Å²) in [7, 11) is 0. The van der Waals surface area contributed by atoms with E-state index in [4.69, 9.17) is 4.74 Å². The number of ether oxygens (including phenoxy) is 1. The van der Waals surface area contributed by atoms with E-state index in [1.54, 1.807) is 24.5 Å². The molecule has 0 aliphatic heterocycles. The fourth-order valence-electron chi connectivity index (χ4n) is 2.65. The van der Waals surface area contributed by atoms with Crippen LogP contribution < -0.4 is 4.74 Å². The molecular formula is C15H17N3O3. The van der Waals surface area contributed by atoms with E-state index in [0.29, 0.717) is 11.4 Å². The number of aromatic carboxylic acids is 1. The van der Waals surface area contributed by atoms with Gasteiger partial charge in [-0.1, -0.05) is 6.42 Å². The van der Waals surface area contributed by atoms with Crippen LogP contribution in [0.1, 0.15) is 42.6 Å². The Labute approximate surface area is 122 Å². The average molecular weight is 287 g/mol. The second-order valence-corrected chi connectivity index (χ2v) is 5.16. The largest absolute Gasteiger partial charge is 0.486 e. The third-order valence-corrected chi connectivity index (χ3v) is 3.67. The van der Waals surface area contributed by atoms with Crippen LogP contribution in [0.3, 0.4) is 0 Å². The summed E-state index contributed by atoms with van der Waals surface area (Å²) in [4.78, 5) is 15.5. The van der Waals surface area contributed by atoms with Crippen LogP contribution in [0.4, 0.5) is 0 Å². The maximum Gasteiger partial charge on any atom is 0.358 e. The van der Waals surface area contributed by atoms with Crippen molar-refractivity contribution in [1.29, 1.82) is 0 Å². The van der Waals surface area contributed by atoms with E-state index in [1.165, 1.54) is 17.3 Å². The quantitative estimate of drug-likeness (QED) is 0.935. The predicted molar refractivity (Wildman–Crippen MR) is 75.8 cm³/mol. The van der Waals surface area contributed by atoms with Crippen LogP contribution in [-0.2, 0) is 0 Å². The summed E-state index contributed by atoms with van der Waals surface area (Å²) in [6.07, 6.45) is 10.2. The molecule has 1 aliphatic carbocycles. The summed E-state index contributed by atoms with van der Waals surface area (Å²) in [5.41, 5.74) is 0.655. The molecule has 3 rings (SSSR count). The van der Waals surface area contributed by atoms with Gasteiger partial charge < -0.3 is 9.84 Å². The van der Waals surface area contributed by atoms with Crippen molar-refractivity contribution in [1.82, 2.24) is 14.8 Å². The number of rotatable bonds is 4. The smallest absolute Gasteiger partial charge is 0.358 e. The van der Waals surface area contributed by atoms with Crippen molar-refractivity contribution in [3.63, 3.8) is 0 Å². The molecule has 0 bridgehead atoms. The molecule has 0 unspecified atom stereocenters. The Bertz CT molecular complexity index is 618. The zero-order valence-electron chi connectivity index (χ0n) is 11.6. The molecule has 0 spiro atoms. The molecule has 2 aromatic rings. The lowest BCUT2D eigenvalue weighted by atomic mass is 9.98. The molecule has 2 heterocycles. The third kappa shape index (κ3) is 2.89. The first kappa shape index (κ1) is 13.6. The molecule has 6 nitrogen and oxygen atoms in total. The Morgan fingerprint density at radius 1 is 1.29 bits per heavy atom. The van der Waals surface area contributed by atoms with Crippen molar-refractivity contribution in [2.24, 2.45) is 0 Å². The van der Waals surface area contributed by atoms with Gasteiger partial charge in [0.2, 0.25) is 0 Å². The maximum absolute atomic E-state index is 11.6. The van der Waals surface area contributed by atoms with Crippen LogP contribution >= 0.6 is 0 Å². The molecule has 1 saturated carbocycles. The van der Waals surface area contributed by atoms with Gasteiger partial charge in [0, 0.05) is 6.20 Å². The fourth-order valence-corrected chi connectivity index (χ4v) is 2.65. The Hall–Kier alpha value is -2.37. The summed E-state index contributed by atoms with van der Waals surface area (Å²) in [6.45, 7) is 0. The van der Waals surface area contributed by atoms with Crippen LogP contribution in [0.2, 0.25) is 0 Å². The van der Waals surface area contributed by atoms with Crippen molar-refractivity contribution in [3.05, 3.63) is 36.4 Å². The monoisotopic (exact) mass is 287 g/mol. The van der Waals surface area contributed by atoms with Gasteiger partial charge in [-0.15, -0.1) is 0 Å². The highest BCUT2D eigenvalue weighted by molar-refractivity contribution is 5.89. The number of nitrogens with zero attached hydrogens (tertiary/aromatic N) is 3. The minimum Gasteiger partial charge on any atom is -0.486 e. The highest BCUT2D eigenvalue weighted by Gasteiger charge is 2.24. The topological polar surface area (TPSA) is 77.2 Å². The minimum atomic E-state index is -1.05. The summed E-state index contributed by atoms with van der Waals surface area (Å²) in [5.74, 6) is -0.722. The first-order valence-corrected chi connectivity index (χ1v) is 7.14. The van der Waals surface area contributed by atoms with Crippen molar-refractivity contribution in [2.45, 2.75) is 38.2 Å². The first-order valence-electron chi connectivity index (χ1n) is 7.14. The van der Waals surface area contributed by atoms with Crippen molar-refractivity contribution >= 4 is 5.97 Å². The van der Waals surface area contributed by atoms with Crippen LogP contribution in [0, 0.1) is 0 Å². The number of hydrogen-bond acceptors (Lipinski definition) is 4. The summed E-state index contributed by atoms with van der Waals surface area (Å²) < 4.78 is 7.22. The second kappa shape index (κ2) is 5.95. The van der Waals surface area contributed by atoms with Crippen LogP contribution in [0.25, 0.3) is 5.69 Å². The van der Waals surface area contributed by atoms with Crippen molar-refractivity contribution < 1.29 is 14.6 Å². The zero-order valence-corrected chi connectivity index (χ0v) is 11.6. The summed E-state index contributed by atoms with van der Waals surface area (Å²) in [6, 6.07) is 3.50. The van der Waals surface area contributed by atoms with E-state index in [1.807, 2.05) is 0 Å². The number of carboxylic acids is 1. The molecule has 0 atom stereocenters. The highest BCUT2D eigenvalue weighted by atomic mass is 16.5. The standard InChI is InChI=1S/C15H17N3O3/c19-15(20)14-13(21-12-6-2-1-3-7-12)10-17-18(14)11-5-4-8-16-9-11/h4-5,8-10,12H,1-3,6-7H2,(H,19,20). The molecule has 0 radical (unpaired) electrons. The Kier molecular flexibility index (Phi) is 3.85. The average Bonchev–Trinajstić information content (AvgIpc) is 2.93. The third-order valence-electron chi connectivity index (χ3n) is 3.67. The van der Waals surface area contributed by atoms with Crippen LogP contribution in [0.5, 0.6) is 5.75 Å². The number of carbonyl (C=O) groups is 1. The molecular weight excluding hydrogens is 270 g/mol. The zero-order chi connectivity index (χ0) is 14.7. The summed E-state index contributed by atoms with van der Waals surface area (Å²) >= 11 is 0. The minimum absolute atomic E-state index is 0.0496. The second-order valence-electron chi connectivity index (χ2n) is 5.16. The molecule has 110 valence electrons. The van der Waals surface area contributed by atoms with E-state index in [9.17, 15) is 9.90 Å². The van der Waals surface area contributed by atoms with E-state index in [2.05, 4.69) is 10.1 Å². The lowest BCUT2D eigenvalue weighted by molar-refractivity contribution is 0.0676. The van der Waals surface area contributed by atoms with Gasteiger partial charge in [0.1, 0.15) is 0 Å². The lowest BCUT2D eigenvalue weighted by Gasteiger charge is -2.22. The van der Waals surface area contributed by atoms with Gasteiger partial charge in [0.05, 0.1) is 24.2 Å². The van der Waals surface area contributed by atoms with Crippen LogP contribution in [0.15, 0.2) is 30.7 Å². The summed E-state index contributed by atoms with van der Waals surface area (Å²) in [5, 5.41) is 13.6. The van der Waals surface area contributed by atoms with E-state index < -0.39 is 5.97 Å². The Morgan fingerprint density at radius 3 is 2.76 bits per heavy atom. The lowest BCUT2D eigenvalue weighted by Crippen LogP contribution is -2.21. The molecule has 2 aromatic heterocycles. The Balaban J connectivity index is 1.91. The maximum atomic E-state index is 11.6. The van der Waals surface area contributed by atoms with E-state index >= 15 is 0 Å². The predicted octanol–water partition coefficient (Wildman–Crippen LogP) is 2.68. The molecule has 1 fully saturated rings.